The first kappa shape index (κ1) is 34.0. The maximum absolute atomic E-state index is 6.54. The Morgan fingerprint density at radius 1 is 0.317 bits per heavy atom. The molecule has 4 heterocycles. The van der Waals surface area contributed by atoms with Crippen molar-refractivity contribution in [1.29, 1.82) is 0 Å². The average Bonchev–Trinajstić information content (AvgIpc) is 4.10. The summed E-state index contributed by atoms with van der Waals surface area (Å²) in [6.45, 7) is 0. The third kappa shape index (κ3) is 5.20. The fourth-order valence-corrected chi connectivity index (χ4v) is 12.7. The van der Waals surface area contributed by atoms with Crippen molar-refractivity contribution in [2.24, 2.45) is 0 Å². The number of fused-ring (bicyclic) bond motifs is 10. The van der Waals surface area contributed by atoms with Crippen molar-refractivity contribution in [3.63, 3.8) is 0 Å². The minimum absolute atomic E-state index is 0.875. The third-order valence-corrected chi connectivity index (χ3v) is 15.6. The monoisotopic (exact) mass is 817 g/mol. The van der Waals surface area contributed by atoms with Gasteiger partial charge in [0.2, 0.25) is 0 Å². The molecule has 4 aromatic heterocycles. The topological polar surface area (TPSA) is 26.0 Å². The Bertz CT molecular complexity index is 3630. The summed E-state index contributed by atoms with van der Waals surface area (Å²) in [6.07, 6.45) is 0. The van der Waals surface area contributed by atoms with Crippen LogP contribution >= 0.6 is 34.0 Å². The van der Waals surface area contributed by atoms with Gasteiger partial charge < -0.3 is 4.42 Å². The predicted molar refractivity (Wildman–Crippen MR) is 260 cm³/mol. The Balaban J connectivity index is 0.953. The van der Waals surface area contributed by atoms with E-state index in [-0.39, 0.29) is 0 Å². The van der Waals surface area contributed by atoms with Crippen LogP contribution in [0.2, 0.25) is 0 Å². The maximum atomic E-state index is 6.54. The van der Waals surface area contributed by atoms with Crippen LogP contribution in [0, 0.1) is 0 Å². The van der Waals surface area contributed by atoms with Crippen LogP contribution < -0.4 is 0 Å². The van der Waals surface area contributed by atoms with Gasteiger partial charge in [-0.1, -0.05) is 164 Å². The molecule has 0 amide bonds. The molecule has 5 heteroatoms. The normalized spacial score (nSPS) is 12.0. The second kappa shape index (κ2) is 13.3. The number of hydrogen-bond acceptors (Lipinski definition) is 5. The number of thiazole rings is 1. The number of para-hydroxylation sites is 2. The largest absolute Gasteiger partial charge is 0.455 e. The van der Waals surface area contributed by atoms with E-state index in [9.17, 15) is 0 Å². The molecule has 2 nitrogen and oxygen atoms in total. The molecule has 0 N–H and O–H groups in total. The summed E-state index contributed by atoms with van der Waals surface area (Å²) < 4.78 is 13.0. The van der Waals surface area contributed by atoms with Gasteiger partial charge in [0.25, 0.3) is 0 Å². The van der Waals surface area contributed by atoms with Gasteiger partial charge >= 0.3 is 0 Å². The summed E-state index contributed by atoms with van der Waals surface area (Å²) in [5.74, 6) is 0. The molecule has 0 atom stereocenters. The number of furan rings is 1. The van der Waals surface area contributed by atoms with Gasteiger partial charge in [-0.3, -0.25) is 0 Å². The number of rotatable bonds is 5. The van der Waals surface area contributed by atoms with Crippen LogP contribution in [0.15, 0.2) is 192 Å². The van der Waals surface area contributed by atoms with E-state index in [0.29, 0.717) is 0 Å². The Morgan fingerprint density at radius 2 is 0.767 bits per heavy atom. The molecule has 0 unspecified atom stereocenters. The van der Waals surface area contributed by atoms with E-state index in [1.54, 1.807) is 11.3 Å². The van der Waals surface area contributed by atoms with E-state index < -0.39 is 0 Å². The van der Waals surface area contributed by atoms with Gasteiger partial charge in [-0.2, -0.15) is 0 Å². The van der Waals surface area contributed by atoms with Crippen molar-refractivity contribution < 1.29 is 4.42 Å². The predicted octanol–water partition coefficient (Wildman–Crippen LogP) is 17.3. The van der Waals surface area contributed by atoms with E-state index in [1.807, 2.05) is 34.8 Å². The molecular weight excluding hydrogens is 787 g/mol. The lowest BCUT2D eigenvalue weighted by Crippen LogP contribution is -1.86. The van der Waals surface area contributed by atoms with Crippen molar-refractivity contribution in [3.8, 4) is 55.1 Å². The zero-order valence-corrected chi connectivity index (χ0v) is 34.4. The van der Waals surface area contributed by atoms with Gasteiger partial charge in [0.15, 0.2) is 0 Å². The zero-order chi connectivity index (χ0) is 39.3. The van der Waals surface area contributed by atoms with Crippen molar-refractivity contribution in [1.82, 2.24) is 4.98 Å². The van der Waals surface area contributed by atoms with Crippen molar-refractivity contribution >= 4 is 107 Å². The molecule has 13 aromatic rings. The molecule has 9 aromatic carbocycles. The summed E-state index contributed by atoms with van der Waals surface area (Å²) in [4.78, 5) is 5.49. The number of hydrogen-bond donors (Lipinski definition) is 0. The fourth-order valence-electron chi connectivity index (χ4n) is 9.11. The molecule has 0 aliphatic rings. The zero-order valence-electron chi connectivity index (χ0n) is 32.0. The van der Waals surface area contributed by atoms with Crippen LogP contribution in [0.3, 0.4) is 0 Å². The Morgan fingerprint density at radius 3 is 1.37 bits per heavy atom. The molecule has 0 aliphatic carbocycles. The lowest BCUT2D eigenvalue weighted by Gasteiger charge is -2.10. The van der Waals surface area contributed by atoms with Gasteiger partial charge in [0.05, 0.1) is 15.8 Å². The highest BCUT2D eigenvalue weighted by atomic mass is 32.1. The first-order chi connectivity index (χ1) is 29.7. The maximum Gasteiger partial charge on any atom is 0.145 e. The minimum Gasteiger partial charge on any atom is -0.455 e. The van der Waals surface area contributed by atoms with Crippen molar-refractivity contribution in [2.45, 2.75) is 0 Å². The van der Waals surface area contributed by atoms with Gasteiger partial charge in [-0.25, -0.2) is 4.98 Å². The summed E-state index contributed by atoms with van der Waals surface area (Å²) in [7, 11) is 0. The highest BCUT2D eigenvalue weighted by Crippen LogP contribution is 2.46. The molecule has 0 spiro atoms. The molecule has 0 saturated heterocycles. The molecule has 0 aliphatic heterocycles. The number of thiophene rings is 2. The van der Waals surface area contributed by atoms with Gasteiger partial charge in [-0.15, -0.1) is 34.0 Å². The van der Waals surface area contributed by atoms with E-state index >= 15 is 0 Å². The van der Waals surface area contributed by atoms with Crippen LogP contribution in [0.4, 0.5) is 0 Å². The van der Waals surface area contributed by atoms with Crippen LogP contribution in [-0.2, 0) is 0 Å². The summed E-state index contributed by atoms with van der Waals surface area (Å²) in [5.41, 5.74) is 13.4. The van der Waals surface area contributed by atoms with Gasteiger partial charge in [-0.05, 0) is 57.6 Å². The SMILES string of the molecule is c1ccc2c(c1)oc1c(-c3nc4c(-c5ccc(-c6cccc7c6sc6ccccc67)cc5)ccc(-c5ccc(-c6cccc7c6sc6ccccc67)cc5)c4s3)cccc12. The number of aromatic nitrogens is 1. The molecule has 0 saturated carbocycles. The van der Waals surface area contributed by atoms with Crippen LogP contribution in [0.25, 0.3) is 128 Å². The van der Waals surface area contributed by atoms with Crippen LogP contribution in [0.1, 0.15) is 0 Å². The Hall–Kier alpha value is -6.89. The molecular formula is C55H31NOS3. The molecule has 0 radical (unpaired) electrons. The third-order valence-electron chi connectivity index (χ3n) is 12.0. The van der Waals surface area contributed by atoms with E-state index in [1.165, 1.54) is 73.7 Å². The first-order valence-corrected chi connectivity index (χ1v) is 22.5. The molecule has 0 bridgehead atoms. The molecule has 13 rings (SSSR count). The Kier molecular flexibility index (Phi) is 7.55. The van der Waals surface area contributed by atoms with Crippen LogP contribution in [-0.4, -0.2) is 4.98 Å². The summed E-state index contributed by atoms with van der Waals surface area (Å²) in [6, 6.07) is 68.2. The number of benzene rings is 9. The summed E-state index contributed by atoms with van der Waals surface area (Å²) in [5, 5.41) is 8.45. The van der Waals surface area contributed by atoms with Crippen molar-refractivity contribution in [2.75, 3.05) is 0 Å². The van der Waals surface area contributed by atoms with Gasteiger partial charge in [0.1, 0.15) is 16.2 Å². The van der Waals surface area contributed by atoms with Crippen molar-refractivity contribution in [3.05, 3.63) is 188 Å². The van der Waals surface area contributed by atoms with E-state index in [4.69, 9.17) is 9.40 Å². The quantitative estimate of drug-likeness (QED) is 0.173. The second-order valence-electron chi connectivity index (χ2n) is 15.4. The average molecular weight is 818 g/mol. The smallest absolute Gasteiger partial charge is 0.145 e. The van der Waals surface area contributed by atoms with Gasteiger partial charge in [0, 0.05) is 62.2 Å². The molecule has 280 valence electrons. The van der Waals surface area contributed by atoms with Crippen LogP contribution in [0.5, 0.6) is 0 Å². The van der Waals surface area contributed by atoms with E-state index in [2.05, 4.69) is 176 Å². The highest BCUT2D eigenvalue weighted by Gasteiger charge is 2.20. The summed E-state index contributed by atoms with van der Waals surface area (Å²) >= 11 is 5.49. The standard InChI is InChI=1S/C55H31NOS3/c1-4-19-47-40(10-1)43-15-9-18-46(51(43)57-47)55-56-50-36(32-22-24-33(25-23-32)37-13-7-16-44-41-11-2-5-20-48(41)58-52(37)44)30-31-39(54(50)60-55)35-28-26-34(27-29-35)38-14-8-17-45-42-12-3-6-21-49(42)59-53(38)45/h1-31H. The lowest BCUT2D eigenvalue weighted by atomic mass is 9.95. The minimum atomic E-state index is 0.875. The Labute approximate surface area is 356 Å². The first-order valence-electron chi connectivity index (χ1n) is 20.1. The van der Waals surface area contributed by atoms with E-state index in [0.717, 1.165) is 53.9 Å². The molecule has 60 heavy (non-hydrogen) atoms. The lowest BCUT2D eigenvalue weighted by molar-refractivity contribution is 0.670. The fraction of sp³-hybridized carbons (Fsp3) is 0. The highest BCUT2D eigenvalue weighted by molar-refractivity contribution is 7.26. The number of nitrogens with zero attached hydrogens (tertiary/aromatic N) is 1. The molecule has 0 fully saturated rings. The second-order valence-corrected chi connectivity index (χ2v) is 18.5.